The molecule has 158 valence electrons. The number of nitriles is 1. The summed E-state index contributed by atoms with van der Waals surface area (Å²) in [5.74, 6) is 1.23. The molecule has 0 radical (unpaired) electrons. The average Bonchev–Trinajstić information content (AvgIpc) is 3.00. The lowest BCUT2D eigenvalue weighted by molar-refractivity contribution is 0.137. The quantitative estimate of drug-likeness (QED) is 0.766. The first-order valence-corrected chi connectivity index (χ1v) is 11.3. The molecular formula is C20H22N4O5S. The summed E-state index contributed by atoms with van der Waals surface area (Å²) >= 11 is 0. The zero-order valence-electron chi connectivity index (χ0n) is 16.3. The Morgan fingerprint density at radius 2 is 1.80 bits per heavy atom. The number of nitrogens with zero attached hydrogens (tertiary/aromatic N) is 3. The Morgan fingerprint density at radius 3 is 2.57 bits per heavy atom. The van der Waals surface area contributed by atoms with E-state index in [0.717, 1.165) is 6.42 Å². The van der Waals surface area contributed by atoms with E-state index >= 15 is 0 Å². The van der Waals surface area contributed by atoms with Crippen LogP contribution in [0, 0.1) is 11.3 Å². The van der Waals surface area contributed by atoms with Crippen molar-refractivity contribution in [3.8, 4) is 23.4 Å². The fourth-order valence-electron chi connectivity index (χ4n) is 3.54. The number of fused-ring (bicyclic) bond motifs is 1. The number of aromatic nitrogens is 2. The molecule has 0 amide bonds. The second kappa shape index (κ2) is 8.85. The number of hydrogen-bond acceptors (Lipinski definition) is 8. The molecule has 0 unspecified atom stereocenters. The van der Waals surface area contributed by atoms with Crippen molar-refractivity contribution in [3.63, 3.8) is 0 Å². The lowest BCUT2D eigenvalue weighted by Gasteiger charge is -2.29. The second-order valence-corrected chi connectivity index (χ2v) is 8.91. The molecule has 1 saturated carbocycles. The molecule has 0 spiro atoms. The van der Waals surface area contributed by atoms with E-state index in [1.165, 1.54) is 24.5 Å². The maximum absolute atomic E-state index is 12.8. The highest BCUT2D eigenvalue weighted by molar-refractivity contribution is 7.89. The second-order valence-electron chi connectivity index (χ2n) is 7.19. The number of benzene rings is 1. The summed E-state index contributed by atoms with van der Waals surface area (Å²) in [5.41, 5.74) is 0.148. The topological polar surface area (TPSA) is 123 Å². The Balaban J connectivity index is 1.36. The van der Waals surface area contributed by atoms with Crippen molar-refractivity contribution < 1.29 is 22.6 Å². The summed E-state index contributed by atoms with van der Waals surface area (Å²) in [6.45, 7) is 1.04. The number of hydrogen-bond donors (Lipinski definition) is 1. The molecule has 10 heteroatoms. The normalized spacial score (nSPS) is 21.3. The summed E-state index contributed by atoms with van der Waals surface area (Å²) in [6.07, 6.45) is 6.08. The van der Waals surface area contributed by atoms with Crippen LogP contribution in [0.1, 0.15) is 37.8 Å². The molecule has 4 rings (SSSR count). The van der Waals surface area contributed by atoms with Crippen molar-refractivity contribution >= 4 is 10.0 Å². The summed E-state index contributed by atoms with van der Waals surface area (Å²) in [6, 6.07) is 6.44. The van der Waals surface area contributed by atoms with Gasteiger partial charge in [-0.1, -0.05) is 0 Å². The minimum Gasteiger partial charge on any atom is -0.490 e. The molecule has 1 aliphatic carbocycles. The predicted molar refractivity (Wildman–Crippen MR) is 106 cm³/mol. The van der Waals surface area contributed by atoms with Crippen LogP contribution < -0.4 is 18.9 Å². The van der Waals surface area contributed by atoms with Crippen LogP contribution in [0.5, 0.6) is 17.4 Å². The Morgan fingerprint density at radius 1 is 1.07 bits per heavy atom. The standard InChI is InChI=1S/C20H22N4O5S/c21-13-17-20(23-9-8-22-17)29-15-4-2-14(3-5-15)24-30(25,26)16-6-7-18-19(12-16)28-11-1-10-27-18/h6-9,12,14-15,24H,1-5,10-11H2. The molecule has 30 heavy (non-hydrogen) atoms. The molecule has 2 aliphatic rings. The van der Waals surface area contributed by atoms with Gasteiger partial charge in [-0.15, -0.1) is 0 Å². The van der Waals surface area contributed by atoms with E-state index in [0.29, 0.717) is 50.4 Å². The van der Waals surface area contributed by atoms with E-state index in [1.54, 1.807) is 6.07 Å². The third kappa shape index (κ3) is 4.63. The molecule has 2 aromatic rings. The Kier molecular flexibility index (Phi) is 6.01. The molecule has 1 fully saturated rings. The number of nitrogens with one attached hydrogen (secondary N) is 1. The first-order chi connectivity index (χ1) is 14.5. The van der Waals surface area contributed by atoms with E-state index < -0.39 is 10.0 Å². The van der Waals surface area contributed by atoms with Crippen molar-refractivity contribution in [1.29, 1.82) is 5.26 Å². The van der Waals surface area contributed by atoms with E-state index in [4.69, 9.17) is 19.5 Å². The van der Waals surface area contributed by atoms with Crippen LogP contribution in [-0.4, -0.2) is 43.7 Å². The molecule has 1 aromatic carbocycles. The van der Waals surface area contributed by atoms with Crippen LogP contribution >= 0.6 is 0 Å². The Hall–Kier alpha value is -2.90. The van der Waals surface area contributed by atoms with Crippen molar-refractivity contribution in [2.75, 3.05) is 13.2 Å². The monoisotopic (exact) mass is 430 g/mol. The van der Waals surface area contributed by atoms with Crippen LogP contribution in [0.3, 0.4) is 0 Å². The number of rotatable bonds is 5. The molecule has 1 aliphatic heterocycles. The first-order valence-electron chi connectivity index (χ1n) is 9.85. The third-order valence-corrected chi connectivity index (χ3v) is 6.59. The van der Waals surface area contributed by atoms with Gasteiger partial charge in [0, 0.05) is 30.9 Å². The van der Waals surface area contributed by atoms with Crippen LogP contribution in [0.4, 0.5) is 0 Å². The van der Waals surface area contributed by atoms with Gasteiger partial charge in [-0.2, -0.15) is 5.26 Å². The van der Waals surface area contributed by atoms with Gasteiger partial charge in [0.15, 0.2) is 11.5 Å². The summed E-state index contributed by atoms with van der Waals surface area (Å²) in [7, 11) is -3.68. The smallest absolute Gasteiger partial charge is 0.251 e. The first kappa shape index (κ1) is 20.4. The van der Waals surface area contributed by atoms with Crippen LogP contribution in [0.25, 0.3) is 0 Å². The van der Waals surface area contributed by atoms with Crippen molar-refractivity contribution in [2.45, 2.75) is 49.1 Å². The summed E-state index contributed by atoms with van der Waals surface area (Å²) < 4.78 is 45.4. The van der Waals surface area contributed by atoms with Gasteiger partial charge in [0.05, 0.1) is 18.1 Å². The van der Waals surface area contributed by atoms with Gasteiger partial charge < -0.3 is 14.2 Å². The third-order valence-electron chi connectivity index (χ3n) is 5.07. The minimum atomic E-state index is -3.68. The molecule has 0 atom stereocenters. The van der Waals surface area contributed by atoms with Crippen molar-refractivity contribution in [1.82, 2.24) is 14.7 Å². The van der Waals surface area contributed by atoms with Crippen molar-refractivity contribution in [3.05, 3.63) is 36.3 Å². The maximum Gasteiger partial charge on any atom is 0.251 e. The van der Waals surface area contributed by atoms with Gasteiger partial charge in [0.2, 0.25) is 15.7 Å². The molecule has 9 nitrogen and oxygen atoms in total. The summed E-state index contributed by atoms with van der Waals surface area (Å²) in [5, 5.41) is 9.09. The van der Waals surface area contributed by atoms with E-state index in [-0.39, 0.29) is 28.6 Å². The van der Waals surface area contributed by atoms with Crippen LogP contribution in [-0.2, 0) is 10.0 Å². The van der Waals surface area contributed by atoms with E-state index in [2.05, 4.69) is 14.7 Å². The van der Waals surface area contributed by atoms with Gasteiger partial charge in [-0.05, 0) is 37.8 Å². The lowest BCUT2D eigenvalue weighted by Crippen LogP contribution is -2.39. The largest absolute Gasteiger partial charge is 0.490 e. The lowest BCUT2D eigenvalue weighted by atomic mass is 9.94. The molecule has 1 N–H and O–H groups in total. The zero-order chi connectivity index (χ0) is 21.0. The molecule has 1 aromatic heterocycles. The predicted octanol–water partition coefficient (Wildman–Crippen LogP) is 2.18. The molecule has 0 saturated heterocycles. The average molecular weight is 430 g/mol. The van der Waals surface area contributed by atoms with Crippen LogP contribution in [0.2, 0.25) is 0 Å². The zero-order valence-corrected chi connectivity index (χ0v) is 17.1. The Labute approximate surface area is 175 Å². The van der Waals surface area contributed by atoms with E-state index in [9.17, 15) is 8.42 Å². The fraction of sp³-hybridized carbons (Fsp3) is 0.450. The number of sulfonamides is 1. The highest BCUT2D eigenvalue weighted by Crippen LogP contribution is 2.32. The van der Waals surface area contributed by atoms with Gasteiger partial charge in [-0.3, -0.25) is 0 Å². The molecule has 2 heterocycles. The van der Waals surface area contributed by atoms with Gasteiger partial charge in [0.25, 0.3) is 5.88 Å². The molecule has 0 bridgehead atoms. The van der Waals surface area contributed by atoms with Crippen LogP contribution in [0.15, 0.2) is 35.5 Å². The number of ether oxygens (including phenoxy) is 3. The van der Waals surface area contributed by atoms with E-state index in [1.807, 2.05) is 6.07 Å². The Bertz CT molecular complexity index is 1050. The fourth-order valence-corrected chi connectivity index (χ4v) is 4.86. The summed E-state index contributed by atoms with van der Waals surface area (Å²) in [4.78, 5) is 8.16. The van der Waals surface area contributed by atoms with Gasteiger partial charge in [-0.25, -0.2) is 23.1 Å². The van der Waals surface area contributed by atoms with Crippen molar-refractivity contribution in [2.24, 2.45) is 0 Å². The van der Waals surface area contributed by atoms with Gasteiger partial charge >= 0.3 is 0 Å². The highest BCUT2D eigenvalue weighted by Gasteiger charge is 2.28. The minimum absolute atomic E-state index is 0.132. The SMILES string of the molecule is N#Cc1nccnc1OC1CCC(NS(=O)(=O)c2ccc3c(c2)OCCCO3)CC1. The van der Waals surface area contributed by atoms with Gasteiger partial charge in [0.1, 0.15) is 12.2 Å². The highest BCUT2D eigenvalue weighted by atomic mass is 32.2. The maximum atomic E-state index is 12.8. The molecular weight excluding hydrogens is 408 g/mol.